The van der Waals surface area contributed by atoms with Crippen LogP contribution in [0.3, 0.4) is 0 Å². The van der Waals surface area contributed by atoms with E-state index in [4.69, 9.17) is 0 Å². The molecule has 1 atom stereocenters. The van der Waals surface area contributed by atoms with E-state index in [-0.39, 0.29) is 24.1 Å². The smallest absolute Gasteiger partial charge is 0.255 e. The minimum absolute atomic E-state index is 0.120. The number of anilines is 2. The first-order chi connectivity index (χ1) is 21.9. The number of nitrogens with one attached hydrogen (secondary N) is 2. The first kappa shape index (κ1) is 28.8. The van der Waals surface area contributed by atoms with Crippen LogP contribution >= 0.6 is 0 Å². The molecule has 3 amide bonds. The van der Waals surface area contributed by atoms with Crippen LogP contribution in [-0.2, 0) is 22.7 Å². The summed E-state index contributed by atoms with van der Waals surface area (Å²) in [7, 11) is 0. The fraction of sp³-hybridized carbons (Fsp3) is 0.314. The Hall–Kier alpha value is -4.96. The molecule has 0 aliphatic carbocycles. The van der Waals surface area contributed by atoms with Gasteiger partial charge in [0.15, 0.2) is 0 Å². The summed E-state index contributed by atoms with van der Waals surface area (Å²) in [4.78, 5) is 54.2. The van der Waals surface area contributed by atoms with E-state index in [1.165, 1.54) is 11.1 Å². The molecule has 2 aromatic heterocycles. The molecule has 5 heterocycles. The molecule has 3 aliphatic heterocycles. The molecule has 0 bridgehead atoms. The normalized spacial score (nSPS) is 19.0. The number of carbonyl (C=O) groups is 3. The third-order valence-electron chi connectivity index (χ3n) is 9.08. The van der Waals surface area contributed by atoms with E-state index < -0.39 is 6.04 Å². The van der Waals surface area contributed by atoms with Crippen molar-refractivity contribution < 1.29 is 14.4 Å². The predicted octanol–water partition coefficient (Wildman–Crippen LogP) is 4.73. The second-order valence-corrected chi connectivity index (χ2v) is 12.2. The number of hydrogen-bond acceptors (Lipinski definition) is 8. The van der Waals surface area contributed by atoms with Gasteiger partial charge in [0, 0.05) is 49.2 Å². The highest BCUT2D eigenvalue weighted by Gasteiger charge is 2.39. The largest absolute Gasteiger partial charge is 0.322 e. The van der Waals surface area contributed by atoms with Crippen LogP contribution in [0.5, 0.6) is 0 Å². The Morgan fingerprint density at radius 3 is 2.33 bits per heavy atom. The van der Waals surface area contributed by atoms with E-state index in [0.717, 1.165) is 54.7 Å². The monoisotopic (exact) mass is 601 g/mol. The topological polar surface area (TPSA) is 120 Å². The minimum atomic E-state index is -0.581. The Kier molecular flexibility index (Phi) is 7.81. The lowest BCUT2D eigenvalue weighted by atomic mass is 9.87. The van der Waals surface area contributed by atoms with Crippen LogP contribution in [0, 0.1) is 6.92 Å². The summed E-state index contributed by atoms with van der Waals surface area (Å²) in [6, 6.07) is 18.3. The minimum Gasteiger partial charge on any atom is -0.322 e. The van der Waals surface area contributed by atoms with E-state index in [9.17, 15) is 14.4 Å². The van der Waals surface area contributed by atoms with Gasteiger partial charge >= 0.3 is 0 Å². The average molecular weight is 602 g/mol. The van der Waals surface area contributed by atoms with Crippen molar-refractivity contribution in [3.05, 3.63) is 101 Å². The highest BCUT2D eigenvalue weighted by atomic mass is 16.2. The van der Waals surface area contributed by atoms with Gasteiger partial charge in [0.1, 0.15) is 11.9 Å². The predicted molar refractivity (Wildman–Crippen MR) is 169 cm³/mol. The molecule has 2 fully saturated rings. The summed E-state index contributed by atoms with van der Waals surface area (Å²) in [6.07, 6.45) is 8.16. The number of nitrogens with zero attached hydrogens (tertiary/aromatic N) is 5. The Bertz CT molecular complexity index is 1730. The molecule has 2 aromatic carbocycles. The van der Waals surface area contributed by atoms with Crippen LogP contribution in [0.15, 0.2) is 73.2 Å². The number of piperidine rings is 2. The molecule has 4 aromatic rings. The van der Waals surface area contributed by atoms with Crippen molar-refractivity contribution in [1.29, 1.82) is 0 Å². The number of amides is 3. The molecule has 0 saturated carbocycles. The van der Waals surface area contributed by atoms with Gasteiger partial charge in [-0.05, 0) is 91.2 Å². The highest BCUT2D eigenvalue weighted by Crippen LogP contribution is 2.34. The zero-order chi connectivity index (χ0) is 30.9. The van der Waals surface area contributed by atoms with Gasteiger partial charge in [-0.1, -0.05) is 36.4 Å². The molecule has 228 valence electrons. The summed E-state index contributed by atoms with van der Waals surface area (Å²) in [5.74, 6) is 0.903. The van der Waals surface area contributed by atoms with Crippen molar-refractivity contribution in [3.63, 3.8) is 0 Å². The number of likely N-dealkylation sites (tertiary alicyclic amines) is 1. The van der Waals surface area contributed by atoms with Gasteiger partial charge in [-0.2, -0.15) is 0 Å². The van der Waals surface area contributed by atoms with Gasteiger partial charge in [-0.15, -0.1) is 0 Å². The number of fused-ring (bicyclic) bond motifs is 1. The lowest BCUT2D eigenvalue weighted by molar-refractivity contribution is -0.136. The number of rotatable bonds is 7. The number of aryl methyl sites for hydroxylation is 1. The molecule has 0 spiro atoms. The third-order valence-corrected chi connectivity index (χ3v) is 9.08. The van der Waals surface area contributed by atoms with Crippen molar-refractivity contribution in [2.45, 2.75) is 57.7 Å². The zero-order valence-electron chi connectivity index (χ0n) is 25.2. The van der Waals surface area contributed by atoms with E-state index in [0.29, 0.717) is 36.2 Å². The highest BCUT2D eigenvalue weighted by molar-refractivity contribution is 6.05. The molecule has 10 nitrogen and oxygen atoms in total. The van der Waals surface area contributed by atoms with Crippen LogP contribution in [0.4, 0.5) is 11.8 Å². The number of aromatic nitrogens is 3. The second kappa shape index (κ2) is 12.2. The van der Waals surface area contributed by atoms with Crippen molar-refractivity contribution in [1.82, 2.24) is 30.1 Å². The van der Waals surface area contributed by atoms with Crippen molar-refractivity contribution in [2.24, 2.45) is 0 Å². The Morgan fingerprint density at radius 1 is 0.867 bits per heavy atom. The maximum Gasteiger partial charge on any atom is 0.255 e. The molecule has 0 radical (unpaired) electrons. The second-order valence-electron chi connectivity index (χ2n) is 12.2. The van der Waals surface area contributed by atoms with Crippen molar-refractivity contribution >= 4 is 29.5 Å². The van der Waals surface area contributed by atoms with E-state index in [2.05, 4.69) is 66.9 Å². The molecular formula is C35H35N7O3. The molecule has 1 unspecified atom stereocenters. The van der Waals surface area contributed by atoms with Crippen LogP contribution < -0.4 is 10.6 Å². The number of carbonyl (C=O) groups excluding carboxylic acids is 3. The van der Waals surface area contributed by atoms with E-state index >= 15 is 0 Å². The summed E-state index contributed by atoms with van der Waals surface area (Å²) < 4.78 is 0. The molecule has 45 heavy (non-hydrogen) atoms. The first-order valence-electron chi connectivity index (χ1n) is 15.5. The number of pyridine rings is 1. The molecule has 2 saturated heterocycles. The summed E-state index contributed by atoms with van der Waals surface area (Å²) in [5, 5.41) is 5.50. The van der Waals surface area contributed by atoms with Gasteiger partial charge in [0.25, 0.3) is 5.91 Å². The van der Waals surface area contributed by atoms with Gasteiger partial charge in [-0.25, -0.2) is 15.0 Å². The Labute approximate surface area is 261 Å². The lowest BCUT2D eigenvalue weighted by Gasteiger charge is -2.32. The van der Waals surface area contributed by atoms with Gasteiger partial charge in [0.05, 0.1) is 0 Å². The number of imide groups is 1. The molecule has 3 aliphatic rings. The number of hydrogen-bond donors (Lipinski definition) is 2. The van der Waals surface area contributed by atoms with Crippen LogP contribution in [0.2, 0.25) is 0 Å². The standard InChI is InChI=1S/C35H35N7O3/c1-22-17-37-35(38-18-22)39-31-10-7-27(19-36-31)24-4-2-23(3-5-24)20-41-14-12-25(13-15-41)26-6-8-29-28(16-26)21-42(34(29)45)30-9-11-32(43)40-33(30)44/h2-8,10,16-19,25,30H,9,11-15,20-21H2,1H3,(H,40,43,44)(H,36,37,38,39). The van der Waals surface area contributed by atoms with Crippen LogP contribution in [-0.4, -0.2) is 61.6 Å². The van der Waals surface area contributed by atoms with Crippen molar-refractivity contribution in [2.75, 3.05) is 18.4 Å². The SMILES string of the molecule is Cc1cnc(Nc2ccc(-c3ccc(CN4CCC(c5ccc6c(c5)CN(C5CCC(=O)NC5=O)C6=O)CC4)cc3)cn2)nc1. The fourth-order valence-corrected chi connectivity index (χ4v) is 6.54. The summed E-state index contributed by atoms with van der Waals surface area (Å²) >= 11 is 0. The molecule has 10 heteroatoms. The first-order valence-corrected chi connectivity index (χ1v) is 15.5. The van der Waals surface area contributed by atoms with Gasteiger partial charge < -0.3 is 10.2 Å². The summed E-state index contributed by atoms with van der Waals surface area (Å²) in [6.45, 7) is 5.29. The molecule has 7 rings (SSSR count). The van der Waals surface area contributed by atoms with Crippen LogP contribution in [0.1, 0.15) is 64.2 Å². The van der Waals surface area contributed by atoms with E-state index in [1.54, 1.807) is 17.3 Å². The maximum absolute atomic E-state index is 13.1. The average Bonchev–Trinajstić information content (AvgIpc) is 3.38. The third kappa shape index (κ3) is 6.19. The summed E-state index contributed by atoms with van der Waals surface area (Å²) in [5.41, 5.74) is 7.37. The zero-order valence-corrected chi connectivity index (χ0v) is 25.2. The Balaban J connectivity index is 0.918. The van der Waals surface area contributed by atoms with Gasteiger partial charge in [0.2, 0.25) is 17.8 Å². The van der Waals surface area contributed by atoms with Crippen LogP contribution in [0.25, 0.3) is 11.1 Å². The molecule has 2 N–H and O–H groups in total. The number of benzene rings is 2. The lowest BCUT2D eigenvalue weighted by Crippen LogP contribution is -2.52. The van der Waals surface area contributed by atoms with Gasteiger partial charge in [-0.3, -0.25) is 24.6 Å². The molecular weight excluding hydrogens is 566 g/mol. The quantitative estimate of drug-likeness (QED) is 0.292. The van der Waals surface area contributed by atoms with Crippen molar-refractivity contribution in [3.8, 4) is 11.1 Å². The fourth-order valence-electron chi connectivity index (χ4n) is 6.54. The Morgan fingerprint density at radius 2 is 1.62 bits per heavy atom. The maximum atomic E-state index is 13.1. The van der Waals surface area contributed by atoms with E-state index in [1.807, 2.05) is 31.3 Å².